The van der Waals surface area contributed by atoms with Crippen molar-refractivity contribution in [3.8, 4) is 0 Å². The molecule has 0 aromatic heterocycles. The normalized spacial score (nSPS) is 13.7. The molecule has 0 saturated carbocycles. The van der Waals surface area contributed by atoms with E-state index >= 15 is 0 Å². The van der Waals surface area contributed by atoms with Gasteiger partial charge in [0.15, 0.2) is 0 Å². The van der Waals surface area contributed by atoms with Crippen LogP contribution < -0.4 is 5.32 Å². The molecule has 0 amide bonds. The van der Waals surface area contributed by atoms with Crippen LogP contribution in [0.5, 0.6) is 0 Å². The molecule has 0 aliphatic rings. The van der Waals surface area contributed by atoms with Crippen LogP contribution in [0.3, 0.4) is 0 Å². The second-order valence-corrected chi connectivity index (χ2v) is 3.43. The quantitative estimate of drug-likeness (QED) is 0.634. The van der Waals surface area contributed by atoms with Gasteiger partial charge in [-0.3, -0.25) is 0 Å². The predicted octanol–water partition coefficient (Wildman–Crippen LogP) is 1.59. The minimum absolute atomic E-state index is 0.836. The fourth-order valence-corrected chi connectivity index (χ4v) is 1.41. The third-order valence-corrected chi connectivity index (χ3v) is 2.01. The molecule has 1 atom stereocenters. The van der Waals surface area contributed by atoms with E-state index in [0.29, 0.717) is 0 Å². The number of hydrogen-bond donors (Lipinski definition) is 1. The second-order valence-electron chi connectivity index (χ2n) is 2.44. The zero-order chi connectivity index (χ0) is 7.11. The Balaban J connectivity index is 2.95. The maximum atomic E-state index is 3.17. The lowest BCUT2D eigenvalue weighted by atomic mass is 10.1. The summed E-state index contributed by atoms with van der Waals surface area (Å²) < 4.78 is 0. The van der Waals surface area contributed by atoms with Crippen molar-refractivity contribution >= 4 is 11.8 Å². The van der Waals surface area contributed by atoms with Gasteiger partial charge >= 0.3 is 0 Å². The van der Waals surface area contributed by atoms with E-state index in [2.05, 4.69) is 18.5 Å². The van der Waals surface area contributed by atoms with Crippen molar-refractivity contribution in [1.29, 1.82) is 0 Å². The van der Waals surface area contributed by atoms with Gasteiger partial charge in [0.2, 0.25) is 0 Å². The zero-order valence-electron chi connectivity index (χ0n) is 6.61. The predicted molar refractivity (Wildman–Crippen MR) is 46.1 cm³/mol. The highest BCUT2D eigenvalue weighted by Crippen LogP contribution is 2.04. The smallest absolute Gasteiger partial charge is 0.00259 e. The number of nitrogens with one attached hydrogen (secondary N) is 1. The summed E-state index contributed by atoms with van der Waals surface area (Å²) in [6.07, 6.45) is 3.49. The molecule has 0 aliphatic heterocycles. The van der Waals surface area contributed by atoms with Gasteiger partial charge in [-0.15, -0.1) is 0 Å². The van der Waals surface area contributed by atoms with Gasteiger partial charge in [0.1, 0.15) is 0 Å². The first-order valence-electron chi connectivity index (χ1n) is 3.44. The molecule has 0 rings (SSSR count). The summed E-state index contributed by atoms with van der Waals surface area (Å²) in [4.78, 5) is 0. The van der Waals surface area contributed by atoms with Crippen molar-refractivity contribution in [2.75, 3.05) is 25.6 Å². The van der Waals surface area contributed by atoms with Gasteiger partial charge in [0.25, 0.3) is 0 Å². The summed E-state index contributed by atoms with van der Waals surface area (Å²) >= 11 is 1.93. The van der Waals surface area contributed by atoms with E-state index in [1.54, 1.807) is 0 Å². The number of hydrogen-bond acceptors (Lipinski definition) is 2. The van der Waals surface area contributed by atoms with Crippen LogP contribution in [-0.4, -0.2) is 25.6 Å². The van der Waals surface area contributed by atoms with E-state index in [1.807, 2.05) is 18.8 Å². The van der Waals surface area contributed by atoms with Crippen LogP contribution in [0.2, 0.25) is 0 Å². The SMILES string of the molecule is CNCC(C)CCSC. The molecule has 1 nitrogen and oxygen atoms in total. The fraction of sp³-hybridized carbons (Fsp3) is 1.00. The first kappa shape index (κ1) is 9.31. The van der Waals surface area contributed by atoms with Gasteiger partial charge in [-0.2, -0.15) is 11.8 Å². The lowest BCUT2D eigenvalue weighted by molar-refractivity contribution is 0.532. The van der Waals surface area contributed by atoms with E-state index in [1.165, 1.54) is 12.2 Å². The number of thioether (sulfide) groups is 1. The highest BCUT2D eigenvalue weighted by Gasteiger charge is 1.97. The van der Waals surface area contributed by atoms with Crippen molar-refractivity contribution in [2.45, 2.75) is 13.3 Å². The molecule has 0 aromatic rings. The van der Waals surface area contributed by atoms with Crippen LogP contribution >= 0.6 is 11.8 Å². The fourth-order valence-electron chi connectivity index (χ4n) is 0.770. The summed E-state index contributed by atoms with van der Waals surface area (Å²) in [5.74, 6) is 2.13. The Hall–Kier alpha value is 0.310. The third-order valence-electron chi connectivity index (χ3n) is 1.37. The molecule has 9 heavy (non-hydrogen) atoms. The van der Waals surface area contributed by atoms with E-state index in [9.17, 15) is 0 Å². The average Bonchev–Trinajstić information content (AvgIpc) is 1.85. The van der Waals surface area contributed by atoms with Crippen LogP contribution in [0.15, 0.2) is 0 Å². The molecule has 1 N–H and O–H groups in total. The van der Waals surface area contributed by atoms with Crippen molar-refractivity contribution < 1.29 is 0 Å². The summed E-state index contributed by atoms with van der Waals surface area (Å²) in [5.41, 5.74) is 0. The van der Waals surface area contributed by atoms with Crippen molar-refractivity contribution in [3.05, 3.63) is 0 Å². The van der Waals surface area contributed by atoms with E-state index in [-0.39, 0.29) is 0 Å². The largest absolute Gasteiger partial charge is 0.319 e. The third kappa shape index (κ3) is 6.19. The van der Waals surface area contributed by atoms with Crippen LogP contribution in [0, 0.1) is 5.92 Å². The molecule has 0 bridgehead atoms. The molecular weight excluding hydrogens is 130 g/mol. The van der Waals surface area contributed by atoms with Crippen molar-refractivity contribution in [1.82, 2.24) is 5.32 Å². The molecule has 0 saturated heterocycles. The van der Waals surface area contributed by atoms with Crippen molar-refractivity contribution in [3.63, 3.8) is 0 Å². The lowest BCUT2D eigenvalue weighted by Gasteiger charge is -2.07. The molecule has 1 unspecified atom stereocenters. The van der Waals surface area contributed by atoms with Gasteiger partial charge in [-0.05, 0) is 37.9 Å². The molecule has 0 aromatic carbocycles. The molecule has 56 valence electrons. The highest BCUT2D eigenvalue weighted by atomic mass is 32.2. The molecule has 0 aliphatic carbocycles. The zero-order valence-corrected chi connectivity index (χ0v) is 7.42. The maximum Gasteiger partial charge on any atom is -0.00259 e. The summed E-state index contributed by atoms with van der Waals surface area (Å²) in [7, 11) is 2.01. The highest BCUT2D eigenvalue weighted by molar-refractivity contribution is 7.98. The standard InChI is InChI=1S/C7H17NS/c1-7(6-8-2)4-5-9-3/h7-8H,4-6H2,1-3H3. The second kappa shape index (κ2) is 6.43. The summed E-state index contributed by atoms with van der Waals surface area (Å²) in [6, 6.07) is 0. The topological polar surface area (TPSA) is 12.0 Å². The molecule has 0 spiro atoms. The van der Waals surface area contributed by atoms with Crippen LogP contribution in [0.1, 0.15) is 13.3 Å². The minimum atomic E-state index is 0.836. The van der Waals surface area contributed by atoms with Gasteiger partial charge < -0.3 is 5.32 Å². The van der Waals surface area contributed by atoms with Gasteiger partial charge in [0.05, 0.1) is 0 Å². The van der Waals surface area contributed by atoms with E-state index in [0.717, 1.165) is 12.5 Å². The first-order chi connectivity index (χ1) is 4.31. The van der Waals surface area contributed by atoms with Crippen molar-refractivity contribution in [2.24, 2.45) is 5.92 Å². The first-order valence-corrected chi connectivity index (χ1v) is 4.84. The Bertz CT molecular complexity index is 56.9. The van der Waals surface area contributed by atoms with Crippen LogP contribution in [-0.2, 0) is 0 Å². The molecule has 0 radical (unpaired) electrons. The Morgan fingerprint density at radius 2 is 2.22 bits per heavy atom. The molecule has 0 heterocycles. The Morgan fingerprint density at radius 3 is 2.67 bits per heavy atom. The van der Waals surface area contributed by atoms with Crippen LogP contribution in [0.4, 0.5) is 0 Å². The van der Waals surface area contributed by atoms with Gasteiger partial charge in [-0.1, -0.05) is 6.92 Å². The van der Waals surface area contributed by atoms with Gasteiger partial charge in [-0.25, -0.2) is 0 Å². The molecule has 0 fully saturated rings. The minimum Gasteiger partial charge on any atom is -0.319 e. The van der Waals surface area contributed by atoms with Gasteiger partial charge in [0, 0.05) is 0 Å². The maximum absolute atomic E-state index is 3.17. The Kier molecular flexibility index (Phi) is 6.65. The monoisotopic (exact) mass is 147 g/mol. The average molecular weight is 147 g/mol. The summed E-state index contributed by atoms with van der Waals surface area (Å²) in [6.45, 7) is 3.44. The molecule has 2 heteroatoms. The Morgan fingerprint density at radius 1 is 1.56 bits per heavy atom. The van der Waals surface area contributed by atoms with E-state index in [4.69, 9.17) is 0 Å². The summed E-state index contributed by atoms with van der Waals surface area (Å²) in [5, 5.41) is 3.17. The van der Waals surface area contributed by atoms with Crippen LogP contribution in [0.25, 0.3) is 0 Å². The van der Waals surface area contributed by atoms with E-state index < -0.39 is 0 Å². The number of rotatable bonds is 5. The molecular formula is C7H17NS. The lowest BCUT2D eigenvalue weighted by Crippen LogP contribution is -2.16. The Labute approximate surface area is 62.6 Å².